The van der Waals surface area contributed by atoms with Crippen LogP contribution in [0.25, 0.3) is 0 Å². The van der Waals surface area contributed by atoms with Crippen molar-refractivity contribution in [3.05, 3.63) is 49.5 Å². The van der Waals surface area contributed by atoms with Crippen LogP contribution in [0.15, 0.2) is 29.6 Å². The Labute approximate surface area is 110 Å². The molecule has 0 saturated carbocycles. The molecule has 7 heteroatoms. The largest absolute Gasteiger partial charge is 0.324 e. The van der Waals surface area contributed by atoms with Gasteiger partial charge in [-0.3, -0.25) is 14.9 Å². The predicted octanol–water partition coefficient (Wildman–Crippen LogP) is 3.21. The molecule has 0 spiro atoms. The number of Topliss-reactive ketones (excluding diaryl/α,β-unsaturated/α-hetero) is 1. The van der Waals surface area contributed by atoms with Crippen molar-refractivity contribution in [2.75, 3.05) is 0 Å². The molecular weight excluding hydrogens is 272 g/mol. The van der Waals surface area contributed by atoms with Gasteiger partial charge in [0.15, 0.2) is 5.78 Å². The molecule has 2 heterocycles. The highest BCUT2D eigenvalue weighted by Gasteiger charge is 2.25. The van der Waals surface area contributed by atoms with E-state index in [0.29, 0.717) is 4.88 Å². The summed E-state index contributed by atoms with van der Waals surface area (Å²) in [7, 11) is 0. The molecule has 0 radical (unpaired) electrons. The highest BCUT2D eigenvalue weighted by atomic mass is 32.1. The number of hydrogen-bond acceptors (Lipinski definition) is 6. The first kappa shape index (κ1) is 12.4. The smallest absolute Gasteiger partial charge is 0.291 e. The Bertz CT molecular complexity index is 625. The average molecular weight is 278 g/mol. The highest BCUT2D eigenvalue weighted by molar-refractivity contribution is 7.17. The molecule has 90 valence electrons. The SMILES string of the molecule is N#CC(C(=O)c1ccc([N+](=O)[O-])s1)c1cccs1. The molecule has 0 bridgehead atoms. The Kier molecular flexibility index (Phi) is 3.50. The van der Waals surface area contributed by atoms with Crippen molar-refractivity contribution in [1.82, 2.24) is 0 Å². The van der Waals surface area contributed by atoms with Gasteiger partial charge < -0.3 is 0 Å². The third kappa shape index (κ3) is 2.30. The molecule has 0 aromatic carbocycles. The lowest BCUT2D eigenvalue weighted by Gasteiger charge is -2.02. The Hall–Kier alpha value is -2.04. The van der Waals surface area contributed by atoms with E-state index in [-0.39, 0.29) is 9.88 Å². The molecule has 2 aromatic rings. The van der Waals surface area contributed by atoms with Crippen LogP contribution in [0.3, 0.4) is 0 Å². The van der Waals surface area contributed by atoms with Crippen LogP contribution in [0.2, 0.25) is 0 Å². The van der Waals surface area contributed by atoms with Gasteiger partial charge in [0.1, 0.15) is 5.92 Å². The lowest BCUT2D eigenvalue weighted by molar-refractivity contribution is -0.380. The zero-order valence-electron chi connectivity index (χ0n) is 8.90. The summed E-state index contributed by atoms with van der Waals surface area (Å²) in [5, 5.41) is 21.3. The van der Waals surface area contributed by atoms with Crippen LogP contribution in [0, 0.1) is 21.4 Å². The number of thiophene rings is 2. The standard InChI is InChI=1S/C11H6N2O3S2/c12-6-7(8-2-1-5-17-8)11(14)9-3-4-10(18-9)13(15)16/h1-5,7H. The van der Waals surface area contributed by atoms with E-state index in [9.17, 15) is 14.9 Å². The number of nitro groups is 1. The molecule has 0 fully saturated rings. The Morgan fingerprint density at radius 2 is 2.22 bits per heavy atom. The van der Waals surface area contributed by atoms with Crippen molar-refractivity contribution in [2.24, 2.45) is 0 Å². The number of nitriles is 1. The van der Waals surface area contributed by atoms with Gasteiger partial charge in [0.25, 0.3) is 0 Å². The number of nitrogens with zero attached hydrogens (tertiary/aromatic N) is 2. The van der Waals surface area contributed by atoms with Crippen molar-refractivity contribution in [3.8, 4) is 6.07 Å². The van der Waals surface area contributed by atoms with Gasteiger partial charge in [0, 0.05) is 10.9 Å². The van der Waals surface area contributed by atoms with E-state index in [4.69, 9.17) is 5.26 Å². The first-order chi connectivity index (χ1) is 8.63. The summed E-state index contributed by atoms with van der Waals surface area (Å²) in [4.78, 5) is 23.0. The van der Waals surface area contributed by atoms with E-state index < -0.39 is 16.6 Å². The molecule has 0 amide bonds. The second-order valence-corrected chi connectivity index (χ2v) is 5.38. The van der Waals surface area contributed by atoms with Crippen LogP contribution in [0.1, 0.15) is 20.5 Å². The highest BCUT2D eigenvalue weighted by Crippen LogP contribution is 2.30. The van der Waals surface area contributed by atoms with Crippen LogP contribution in [0.4, 0.5) is 5.00 Å². The van der Waals surface area contributed by atoms with E-state index in [1.54, 1.807) is 17.5 Å². The molecule has 0 N–H and O–H groups in total. The van der Waals surface area contributed by atoms with E-state index in [0.717, 1.165) is 11.3 Å². The topological polar surface area (TPSA) is 84.0 Å². The van der Waals surface area contributed by atoms with Crippen LogP contribution < -0.4 is 0 Å². The summed E-state index contributed by atoms with van der Waals surface area (Å²) in [5.74, 6) is -1.28. The van der Waals surface area contributed by atoms with Gasteiger partial charge in [-0.15, -0.1) is 11.3 Å². The zero-order chi connectivity index (χ0) is 13.1. The van der Waals surface area contributed by atoms with E-state index in [1.165, 1.54) is 23.5 Å². The van der Waals surface area contributed by atoms with Crippen LogP contribution in [-0.2, 0) is 0 Å². The van der Waals surface area contributed by atoms with Crippen molar-refractivity contribution < 1.29 is 9.72 Å². The maximum Gasteiger partial charge on any atom is 0.324 e. The van der Waals surface area contributed by atoms with Crippen LogP contribution in [0.5, 0.6) is 0 Å². The Morgan fingerprint density at radius 3 is 2.72 bits per heavy atom. The molecule has 18 heavy (non-hydrogen) atoms. The summed E-state index contributed by atoms with van der Waals surface area (Å²) in [6.45, 7) is 0. The average Bonchev–Trinajstić information content (AvgIpc) is 3.01. The van der Waals surface area contributed by atoms with Crippen molar-refractivity contribution in [2.45, 2.75) is 5.92 Å². The predicted molar refractivity (Wildman–Crippen MR) is 68.0 cm³/mol. The van der Waals surface area contributed by atoms with E-state index >= 15 is 0 Å². The van der Waals surface area contributed by atoms with Gasteiger partial charge in [-0.05, 0) is 17.5 Å². The van der Waals surface area contributed by atoms with Gasteiger partial charge in [-0.1, -0.05) is 17.4 Å². The molecule has 2 rings (SSSR count). The lowest BCUT2D eigenvalue weighted by atomic mass is 10.0. The summed E-state index contributed by atoms with van der Waals surface area (Å²) >= 11 is 2.11. The molecule has 2 aromatic heterocycles. The Morgan fingerprint density at radius 1 is 1.44 bits per heavy atom. The van der Waals surface area contributed by atoms with Crippen LogP contribution >= 0.6 is 22.7 Å². The van der Waals surface area contributed by atoms with Crippen molar-refractivity contribution in [3.63, 3.8) is 0 Å². The molecule has 1 unspecified atom stereocenters. The second kappa shape index (κ2) is 5.08. The monoisotopic (exact) mass is 278 g/mol. The number of hydrogen-bond donors (Lipinski definition) is 0. The second-order valence-electron chi connectivity index (χ2n) is 3.34. The fraction of sp³-hybridized carbons (Fsp3) is 0.0909. The third-order valence-electron chi connectivity index (χ3n) is 2.23. The summed E-state index contributed by atoms with van der Waals surface area (Å²) in [6.07, 6.45) is 0. The summed E-state index contributed by atoms with van der Waals surface area (Å²) < 4.78 is 0. The molecule has 5 nitrogen and oxygen atoms in total. The minimum atomic E-state index is -0.886. The fourth-order valence-electron chi connectivity index (χ4n) is 1.41. The number of rotatable bonds is 4. The molecular formula is C11H6N2O3S2. The first-order valence-corrected chi connectivity index (χ1v) is 6.54. The minimum Gasteiger partial charge on any atom is -0.291 e. The fourth-order valence-corrected chi connectivity index (χ4v) is 2.97. The Balaban J connectivity index is 2.30. The normalized spacial score (nSPS) is 11.7. The van der Waals surface area contributed by atoms with Gasteiger partial charge in [-0.25, -0.2) is 0 Å². The molecule has 0 aliphatic rings. The maximum atomic E-state index is 12.1. The van der Waals surface area contributed by atoms with Gasteiger partial charge in [0.05, 0.1) is 15.9 Å². The summed E-state index contributed by atoms with van der Waals surface area (Å²) in [6, 6.07) is 8.07. The quantitative estimate of drug-likeness (QED) is 0.488. The molecule has 0 saturated heterocycles. The maximum absolute atomic E-state index is 12.1. The number of ketones is 1. The van der Waals surface area contributed by atoms with E-state index in [1.807, 2.05) is 6.07 Å². The van der Waals surface area contributed by atoms with Gasteiger partial charge in [0.2, 0.25) is 0 Å². The van der Waals surface area contributed by atoms with Crippen LogP contribution in [-0.4, -0.2) is 10.7 Å². The molecule has 0 aliphatic carbocycles. The van der Waals surface area contributed by atoms with Gasteiger partial charge in [-0.2, -0.15) is 5.26 Å². The molecule has 1 atom stereocenters. The number of carbonyl (C=O) groups is 1. The molecule has 0 aliphatic heterocycles. The third-order valence-corrected chi connectivity index (χ3v) is 4.22. The van der Waals surface area contributed by atoms with E-state index in [2.05, 4.69) is 0 Å². The minimum absolute atomic E-state index is 0.0961. The van der Waals surface area contributed by atoms with Gasteiger partial charge >= 0.3 is 5.00 Å². The summed E-state index contributed by atoms with van der Waals surface area (Å²) in [5.41, 5.74) is 0. The van der Waals surface area contributed by atoms with Crippen molar-refractivity contribution in [1.29, 1.82) is 5.26 Å². The number of carbonyl (C=O) groups excluding carboxylic acids is 1. The van der Waals surface area contributed by atoms with Crippen molar-refractivity contribution >= 4 is 33.5 Å². The lowest BCUT2D eigenvalue weighted by Crippen LogP contribution is -2.08. The zero-order valence-corrected chi connectivity index (χ0v) is 10.5. The first-order valence-electron chi connectivity index (χ1n) is 4.85.